The van der Waals surface area contributed by atoms with Crippen LogP contribution in [0.2, 0.25) is 0 Å². The first-order valence-corrected chi connectivity index (χ1v) is 9.46. The van der Waals surface area contributed by atoms with Crippen molar-refractivity contribution in [1.82, 2.24) is 3.97 Å². The molecule has 0 N–H and O–H groups in total. The van der Waals surface area contributed by atoms with Gasteiger partial charge in [-0.05, 0) is 48.9 Å². The first-order valence-electron chi connectivity index (χ1n) is 7.23. The van der Waals surface area contributed by atoms with Gasteiger partial charge >= 0.3 is 0 Å². The minimum Gasteiger partial charge on any atom is -0.495 e. The number of ether oxygens (including phenoxy) is 1. The fourth-order valence-electron chi connectivity index (χ4n) is 2.52. The molecule has 0 aliphatic heterocycles. The maximum absolute atomic E-state index is 14.2. The van der Waals surface area contributed by atoms with Crippen LogP contribution in [0.25, 0.3) is 11.3 Å². The van der Waals surface area contributed by atoms with E-state index in [4.69, 9.17) is 4.74 Å². The fourth-order valence-corrected chi connectivity index (χ4v) is 4.61. The van der Waals surface area contributed by atoms with E-state index < -0.39 is 15.8 Å². The van der Waals surface area contributed by atoms with Crippen LogP contribution in [-0.2, 0) is 10.0 Å². The maximum Gasteiger partial charge on any atom is 0.271 e. The zero-order valence-corrected chi connectivity index (χ0v) is 15.6. The van der Waals surface area contributed by atoms with Crippen molar-refractivity contribution in [2.24, 2.45) is 0 Å². The van der Waals surface area contributed by atoms with Crippen molar-refractivity contribution < 1.29 is 17.5 Å². The van der Waals surface area contributed by atoms with Gasteiger partial charge in [0.15, 0.2) is 0 Å². The van der Waals surface area contributed by atoms with Crippen molar-refractivity contribution in [3.63, 3.8) is 0 Å². The van der Waals surface area contributed by atoms with Crippen molar-refractivity contribution in [1.29, 1.82) is 0 Å². The van der Waals surface area contributed by atoms with Crippen LogP contribution in [0.15, 0.2) is 64.1 Å². The molecule has 3 rings (SSSR count). The number of halogens is 2. The smallest absolute Gasteiger partial charge is 0.271 e. The summed E-state index contributed by atoms with van der Waals surface area (Å²) in [6, 6.07) is 12.2. The van der Waals surface area contributed by atoms with Crippen LogP contribution in [0.1, 0.15) is 5.56 Å². The molecule has 7 heteroatoms. The van der Waals surface area contributed by atoms with Crippen LogP contribution in [0, 0.1) is 12.7 Å². The lowest BCUT2D eigenvalue weighted by atomic mass is 10.1. The molecule has 0 saturated carbocycles. The molecule has 0 amide bonds. The van der Waals surface area contributed by atoms with Crippen molar-refractivity contribution in [3.8, 4) is 17.0 Å². The predicted molar refractivity (Wildman–Crippen MR) is 97.6 cm³/mol. The van der Waals surface area contributed by atoms with Gasteiger partial charge in [-0.25, -0.2) is 16.8 Å². The van der Waals surface area contributed by atoms with Crippen molar-refractivity contribution >= 4 is 26.0 Å². The van der Waals surface area contributed by atoms with Crippen LogP contribution in [-0.4, -0.2) is 19.5 Å². The van der Waals surface area contributed by atoms with E-state index in [2.05, 4.69) is 22.9 Å². The molecule has 0 unspecified atom stereocenters. The number of hydrogen-bond acceptors (Lipinski definition) is 3. The van der Waals surface area contributed by atoms with E-state index >= 15 is 0 Å². The number of methoxy groups -OCH3 is 1. The normalized spacial score (nSPS) is 11.5. The molecule has 2 aromatic carbocycles. The van der Waals surface area contributed by atoms with E-state index in [1.54, 1.807) is 24.3 Å². The molecular formula is C18H14BrFNO3S. The maximum atomic E-state index is 14.2. The molecule has 0 atom stereocenters. The Hall–Kier alpha value is -2.12. The van der Waals surface area contributed by atoms with Gasteiger partial charge in [-0.2, -0.15) is 0 Å². The van der Waals surface area contributed by atoms with Gasteiger partial charge < -0.3 is 4.74 Å². The molecule has 4 nitrogen and oxygen atoms in total. The molecule has 1 aromatic heterocycles. The van der Waals surface area contributed by atoms with Gasteiger partial charge in [0.1, 0.15) is 16.5 Å². The third kappa shape index (κ3) is 3.21. The predicted octanol–water partition coefficient (Wildman–Crippen LogP) is 4.48. The molecule has 25 heavy (non-hydrogen) atoms. The molecule has 129 valence electrons. The third-order valence-corrected chi connectivity index (χ3v) is 5.84. The Morgan fingerprint density at radius 3 is 2.56 bits per heavy atom. The Labute approximate surface area is 154 Å². The van der Waals surface area contributed by atoms with E-state index in [0.29, 0.717) is 10.0 Å². The summed E-state index contributed by atoms with van der Waals surface area (Å²) in [7, 11) is -2.63. The molecule has 0 aliphatic rings. The Bertz CT molecular complexity index is 1040. The van der Waals surface area contributed by atoms with Crippen LogP contribution in [0.3, 0.4) is 0 Å². The molecule has 0 aliphatic carbocycles. The number of rotatable bonds is 4. The highest BCUT2D eigenvalue weighted by Gasteiger charge is 2.26. The third-order valence-electron chi connectivity index (χ3n) is 3.65. The number of nitrogens with zero attached hydrogens (tertiary/aromatic N) is 1. The summed E-state index contributed by atoms with van der Waals surface area (Å²) in [5, 5.41) is 0. The lowest BCUT2D eigenvalue weighted by Crippen LogP contribution is -2.14. The van der Waals surface area contributed by atoms with Crippen molar-refractivity contribution in [2.75, 3.05) is 7.11 Å². The van der Waals surface area contributed by atoms with Crippen molar-refractivity contribution in [2.45, 2.75) is 4.90 Å². The van der Waals surface area contributed by atoms with Crippen LogP contribution in [0.5, 0.6) is 5.75 Å². The molecule has 0 bridgehead atoms. The van der Waals surface area contributed by atoms with E-state index in [1.807, 2.05) is 0 Å². The summed E-state index contributed by atoms with van der Waals surface area (Å²) in [4.78, 5) is -0.0300. The monoisotopic (exact) mass is 422 g/mol. The van der Waals surface area contributed by atoms with Gasteiger partial charge in [0.05, 0.1) is 12.8 Å². The average Bonchev–Trinajstić information content (AvgIpc) is 2.97. The van der Waals surface area contributed by atoms with Crippen molar-refractivity contribution in [3.05, 3.63) is 77.5 Å². The van der Waals surface area contributed by atoms with Gasteiger partial charge in [0.2, 0.25) is 0 Å². The van der Waals surface area contributed by atoms with E-state index in [-0.39, 0.29) is 21.9 Å². The van der Waals surface area contributed by atoms with Gasteiger partial charge in [-0.1, -0.05) is 28.1 Å². The second-order valence-corrected chi connectivity index (χ2v) is 8.01. The van der Waals surface area contributed by atoms with Gasteiger partial charge in [0, 0.05) is 16.2 Å². The Morgan fingerprint density at radius 2 is 1.88 bits per heavy atom. The highest BCUT2D eigenvalue weighted by Crippen LogP contribution is 2.33. The van der Waals surface area contributed by atoms with Crippen LogP contribution >= 0.6 is 15.9 Å². The lowest BCUT2D eigenvalue weighted by molar-refractivity contribution is 0.402. The Morgan fingerprint density at radius 1 is 1.16 bits per heavy atom. The molecule has 1 heterocycles. The zero-order valence-electron chi connectivity index (χ0n) is 13.2. The summed E-state index contributed by atoms with van der Waals surface area (Å²) in [5.41, 5.74) is 0.829. The SMILES string of the molecule is [CH2]c1cc(-c2ccccc2F)n(S(=O)(=O)c2cc(Br)ccc2OC)c1. The molecule has 3 aromatic rings. The minimum absolute atomic E-state index is 0.0300. The second kappa shape index (κ2) is 6.65. The largest absolute Gasteiger partial charge is 0.495 e. The second-order valence-electron chi connectivity index (χ2n) is 5.31. The minimum atomic E-state index is -4.02. The van der Waals surface area contributed by atoms with Gasteiger partial charge in [-0.15, -0.1) is 0 Å². The summed E-state index contributed by atoms with van der Waals surface area (Å²) < 4.78 is 47.4. The average molecular weight is 423 g/mol. The standard InChI is InChI=1S/C18H14BrFNO3S/c1-12-9-16(14-5-3-4-6-15(14)20)21(11-12)25(22,23)18-10-13(19)7-8-17(18)24-2/h3-11H,1H2,2H3. The topological polar surface area (TPSA) is 48.3 Å². The molecule has 0 saturated heterocycles. The molecular weight excluding hydrogens is 409 g/mol. The number of hydrogen-bond donors (Lipinski definition) is 0. The molecule has 0 spiro atoms. The van der Waals surface area contributed by atoms with Gasteiger partial charge in [-0.3, -0.25) is 0 Å². The van der Waals surface area contributed by atoms with Gasteiger partial charge in [0.25, 0.3) is 10.0 Å². The number of aromatic nitrogens is 1. The Balaban J connectivity index is 2.27. The van der Waals surface area contributed by atoms with E-state index in [9.17, 15) is 12.8 Å². The summed E-state index contributed by atoms with van der Waals surface area (Å²) in [6.07, 6.45) is 1.36. The first-order chi connectivity index (χ1) is 11.8. The quantitative estimate of drug-likeness (QED) is 0.622. The number of benzene rings is 2. The van der Waals surface area contributed by atoms with Crippen LogP contribution in [0.4, 0.5) is 4.39 Å². The van der Waals surface area contributed by atoms with Crippen LogP contribution < -0.4 is 4.74 Å². The highest BCUT2D eigenvalue weighted by atomic mass is 79.9. The highest BCUT2D eigenvalue weighted by molar-refractivity contribution is 9.10. The molecule has 0 fully saturated rings. The summed E-state index contributed by atoms with van der Waals surface area (Å²) in [5.74, 6) is -0.319. The van der Waals surface area contributed by atoms with E-state index in [0.717, 1.165) is 3.97 Å². The first kappa shape index (κ1) is 17.7. The summed E-state index contributed by atoms with van der Waals surface area (Å²) in [6.45, 7) is 3.78. The molecule has 1 radical (unpaired) electrons. The van der Waals surface area contributed by atoms with E-state index in [1.165, 1.54) is 37.6 Å². The lowest BCUT2D eigenvalue weighted by Gasteiger charge is -2.14. The Kier molecular flexibility index (Phi) is 4.71. The fraction of sp³-hybridized carbons (Fsp3) is 0.0556. The summed E-state index contributed by atoms with van der Waals surface area (Å²) >= 11 is 3.27. The zero-order chi connectivity index (χ0) is 18.2.